The van der Waals surface area contributed by atoms with Crippen molar-refractivity contribution >= 4 is 27.7 Å². The Hall–Kier alpha value is -3.23. The molecule has 0 fully saturated rings. The fourth-order valence-electron chi connectivity index (χ4n) is 3.11. The molecule has 0 radical (unpaired) electrons. The van der Waals surface area contributed by atoms with E-state index in [1.807, 2.05) is 0 Å². The number of carbonyl (C=O) groups excluding carboxylic acids is 1. The van der Waals surface area contributed by atoms with Crippen LogP contribution in [0.3, 0.4) is 0 Å². The van der Waals surface area contributed by atoms with Crippen molar-refractivity contribution in [3.8, 4) is 11.6 Å². The fraction of sp³-hybridized carbons (Fsp3) is 0.176. The van der Waals surface area contributed by atoms with Crippen molar-refractivity contribution in [3.05, 3.63) is 41.9 Å². The molecule has 0 atom stereocenters. The van der Waals surface area contributed by atoms with Gasteiger partial charge in [0.05, 0.1) is 16.6 Å². The number of nitrogens with zero attached hydrogens (tertiary/aromatic N) is 4. The van der Waals surface area contributed by atoms with Gasteiger partial charge in [-0.1, -0.05) is 12.1 Å². The van der Waals surface area contributed by atoms with E-state index in [1.54, 1.807) is 6.07 Å². The summed E-state index contributed by atoms with van der Waals surface area (Å²) in [5.74, 6) is -0.314. The maximum Gasteiger partial charge on any atom is 0.417 e. The van der Waals surface area contributed by atoms with Crippen LogP contribution in [0.5, 0.6) is 0 Å². The Morgan fingerprint density at radius 3 is 2.62 bits per heavy atom. The molecule has 0 N–H and O–H groups in total. The van der Waals surface area contributed by atoms with Crippen LogP contribution in [0.15, 0.2) is 35.1 Å². The zero-order valence-electron chi connectivity index (χ0n) is 13.6. The van der Waals surface area contributed by atoms with Crippen molar-refractivity contribution in [2.24, 2.45) is 0 Å². The summed E-state index contributed by atoms with van der Waals surface area (Å²) < 4.78 is 46.8. The maximum atomic E-state index is 13.5. The molecule has 0 aliphatic rings. The lowest BCUT2D eigenvalue weighted by Crippen LogP contribution is -2.10. The van der Waals surface area contributed by atoms with E-state index in [2.05, 4.69) is 15.2 Å². The molecule has 4 rings (SSSR count). The van der Waals surface area contributed by atoms with Gasteiger partial charge in [0.15, 0.2) is 0 Å². The normalized spacial score (nSPS) is 12.2. The summed E-state index contributed by atoms with van der Waals surface area (Å²) in [4.78, 5) is 16.5. The summed E-state index contributed by atoms with van der Waals surface area (Å²) in [5.41, 5.74) is 0.0769. The summed E-state index contributed by atoms with van der Waals surface area (Å²) in [6.45, 7) is 2.78. The van der Waals surface area contributed by atoms with Crippen LogP contribution in [0.1, 0.15) is 23.0 Å². The first-order valence-electron chi connectivity index (χ1n) is 7.58. The largest absolute Gasteiger partial charge is 0.422 e. The highest BCUT2D eigenvalue weighted by molar-refractivity contribution is 6.10. The summed E-state index contributed by atoms with van der Waals surface area (Å²) in [6.07, 6.45) is -3.43. The van der Waals surface area contributed by atoms with E-state index >= 15 is 0 Å². The molecule has 0 saturated carbocycles. The van der Waals surface area contributed by atoms with Crippen molar-refractivity contribution in [2.45, 2.75) is 20.0 Å². The first kappa shape index (κ1) is 16.2. The number of alkyl halides is 3. The Bertz CT molecular complexity index is 1160. The number of rotatable bonds is 1. The number of hydrogen-bond acceptors (Lipinski definition) is 5. The monoisotopic (exact) mass is 360 g/mol. The van der Waals surface area contributed by atoms with Gasteiger partial charge in [-0.3, -0.25) is 14.3 Å². The van der Waals surface area contributed by atoms with Crippen LogP contribution in [0.4, 0.5) is 13.2 Å². The minimum absolute atomic E-state index is 0.0757. The number of pyridine rings is 1. The molecular weight excluding hydrogens is 349 g/mol. The predicted molar refractivity (Wildman–Crippen MR) is 86.6 cm³/mol. The standard InChI is InChI=1S/C17H11F3N4O2/c1-8-5-12(17(18,19)20)11-4-3-10-6-13(16-23-21-7-26-16)24(9(2)25)15(10)14(11)22-8/h3-7H,1-2H3. The highest BCUT2D eigenvalue weighted by Crippen LogP contribution is 2.38. The number of hydrogen-bond donors (Lipinski definition) is 0. The molecule has 1 aromatic carbocycles. The topological polar surface area (TPSA) is 73.8 Å². The Morgan fingerprint density at radius 2 is 2.00 bits per heavy atom. The number of halogens is 3. The van der Waals surface area contributed by atoms with Gasteiger partial charge in [-0.25, -0.2) is 0 Å². The van der Waals surface area contributed by atoms with E-state index in [4.69, 9.17) is 4.42 Å². The SMILES string of the molecule is CC(=O)n1c(-c2nnco2)cc2ccc3c(C(F)(F)F)cc(C)nc3c21. The van der Waals surface area contributed by atoms with E-state index in [0.717, 1.165) is 12.5 Å². The molecule has 6 nitrogen and oxygen atoms in total. The van der Waals surface area contributed by atoms with Crippen LogP contribution in [0, 0.1) is 6.92 Å². The molecule has 3 aromatic heterocycles. The summed E-state index contributed by atoms with van der Waals surface area (Å²) in [7, 11) is 0. The minimum Gasteiger partial charge on any atom is -0.422 e. The number of aromatic nitrogens is 4. The first-order valence-corrected chi connectivity index (χ1v) is 7.58. The first-order chi connectivity index (χ1) is 12.3. The molecule has 132 valence electrons. The van der Waals surface area contributed by atoms with Gasteiger partial charge in [0.25, 0.3) is 5.89 Å². The zero-order chi connectivity index (χ0) is 18.6. The van der Waals surface area contributed by atoms with E-state index in [0.29, 0.717) is 11.1 Å². The van der Waals surface area contributed by atoms with Crippen molar-refractivity contribution in [1.82, 2.24) is 19.7 Å². The number of fused-ring (bicyclic) bond motifs is 3. The molecule has 0 spiro atoms. The molecule has 3 heterocycles. The molecule has 4 aromatic rings. The van der Waals surface area contributed by atoms with E-state index in [-0.39, 0.29) is 28.0 Å². The minimum atomic E-state index is -4.54. The Morgan fingerprint density at radius 1 is 1.23 bits per heavy atom. The molecule has 0 aliphatic heterocycles. The van der Waals surface area contributed by atoms with Crippen molar-refractivity contribution < 1.29 is 22.4 Å². The second kappa shape index (κ2) is 5.38. The van der Waals surface area contributed by atoms with Gasteiger partial charge in [-0.15, -0.1) is 10.2 Å². The van der Waals surface area contributed by atoms with Gasteiger partial charge < -0.3 is 4.42 Å². The average Bonchev–Trinajstić information content (AvgIpc) is 3.20. The van der Waals surface area contributed by atoms with Crippen LogP contribution in [-0.2, 0) is 6.18 Å². The van der Waals surface area contributed by atoms with Gasteiger partial charge in [-0.2, -0.15) is 13.2 Å². The summed E-state index contributed by atoms with van der Waals surface area (Å²) in [5, 5.41) is 7.85. The predicted octanol–water partition coefficient (Wildman–Crippen LogP) is 4.23. The highest BCUT2D eigenvalue weighted by atomic mass is 19.4. The Balaban J connectivity index is 2.20. The third-order valence-electron chi connectivity index (χ3n) is 4.07. The Labute approximate surface area is 144 Å². The quantitative estimate of drug-likeness (QED) is 0.508. The highest BCUT2D eigenvalue weighted by Gasteiger charge is 2.34. The van der Waals surface area contributed by atoms with Crippen molar-refractivity contribution in [2.75, 3.05) is 0 Å². The van der Waals surface area contributed by atoms with Crippen LogP contribution in [0.2, 0.25) is 0 Å². The third kappa shape index (κ3) is 2.35. The van der Waals surface area contributed by atoms with Crippen LogP contribution in [0.25, 0.3) is 33.4 Å². The van der Waals surface area contributed by atoms with Gasteiger partial charge in [0.1, 0.15) is 5.69 Å². The van der Waals surface area contributed by atoms with Crippen molar-refractivity contribution in [3.63, 3.8) is 0 Å². The van der Waals surface area contributed by atoms with E-state index < -0.39 is 17.6 Å². The number of carbonyl (C=O) groups is 1. The molecular formula is C17H11F3N4O2. The molecule has 9 heteroatoms. The smallest absolute Gasteiger partial charge is 0.417 e. The van der Waals surface area contributed by atoms with Crippen LogP contribution in [-0.4, -0.2) is 25.7 Å². The lowest BCUT2D eigenvalue weighted by molar-refractivity contribution is -0.136. The fourth-order valence-corrected chi connectivity index (χ4v) is 3.11. The summed E-state index contributed by atoms with van der Waals surface area (Å²) >= 11 is 0. The summed E-state index contributed by atoms with van der Waals surface area (Å²) in [6, 6.07) is 5.48. The molecule has 0 amide bonds. The average molecular weight is 360 g/mol. The Kier molecular flexibility index (Phi) is 3.36. The molecule has 0 saturated heterocycles. The number of benzene rings is 1. The van der Waals surface area contributed by atoms with Gasteiger partial charge in [0, 0.05) is 23.4 Å². The molecule has 0 unspecified atom stereocenters. The molecule has 0 aliphatic carbocycles. The lowest BCUT2D eigenvalue weighted by atomic mass is 10.1. The molecule has 26 heavy (non-hydrogen) atoms. The molecule has 0 bridgehead atoms. The zero-order valence-corrected chi connectivity index (χ0v) is 13.6. The van der Waals surface area contributed by atoms with Crippen LogP contribution < -0.4 is 0 Å². The van der Waals surface area contributed by atoms with E-state index in [1.165, 1.54) is 30.5 Å². The van der Waals surface area contributed by atoms with Crippen LogP contribution >= 0.6 is 0 Å². The second-order valence-corrected chi connectivity index (χ2v) is 5.84. The van der Waals surface area contributed by atoms with E-state index in [9.17, 15) is 18.0 Å². The van der Waals surface area contributed by atoms with Gasteiger partial charge >= 0.3 is 6.18 Å². The maximum absolute atomic E-state index is 13.5. The van der Waals surface area contributed by atoms with Gasteiger partial charge in [0.2, 0.25) is 12.3 Å². The third-order valence-corrected chi connectivity index (χ3v) is 4.07. The van der Waals surface area contributed by atoms with Gasteiger partial charge in [-0.05, 0) is 19.1 Å². The van der Waals surface area contributed by atoms with Crippen molar-refractivity contribution in [1.29, 1.82) is 0 Å². The lowest BCUT2D eigenvalue weighted by Gasteiger charge is -2.13. The number of aryl methyl sites for hydroxylation is 1. The second-order valence-electron chi connectivity index (χ2n) is 5.84.